The Morgan fingerprint density at radius 2 is 1.60 bits per heavy atom. The van der Waals surface area contributed by atoms with Gasteiger partial charge in [0, 0.05) is 54.6 Å². The molecule has 0 saturated carbocycles. The van der Waals surface area contributed by atoms with Crippen LogP contribution >= 0.6 is 27.5 Å². The minimum Gasteiger partial charge on any atom is -0.444 e. The zero-order chi connectivity index (χ0) is 31.2. The number of allylic oxidation sites excluding steroid dienone is 6. The van der Waals surface area contributed by atoms with Gasteiger partial charge < -0.3 is 14.5 Å². The Hall–Kier alpha value is -2.06. The lowest BCUT2D eigenvalue weighted by atomic mass is 9.76. The van der Waals surface area contributed by atoms with E-state index in [9.17, 15) is 14.4 Å². The van der Waals surface area contributed by atoms with Crippen molar-refractivity contribution in [2.24, 2.45) is 17.8 Å². The summed E-state index contributed by atoms with van der Waals surface area (Å²) in [5, 5.41) is 0.471. The molecule has 0 bridgehead atoms. The van der Waals surface area contributed by atoms with Crippen molar-refractivity contribution in [3.05, 3.63) is 46.0 Å². The minimum atomic E-state index is -0.593. The summed E-state index contributed by atoms with van der Waals surface area (Å²) in [4.78, 5) is 44.7. The Bertz CT molecular complexity index is 1100. The fraction of sp³-hybridized carbons (Fsp3) is 0.667. The number of ether oxygens (including phenoxy) is 1. The second kappa shape index (κ2) is 15.1. The Morgan fingerprint density at radius 3 is 2.12 bits per heavy atom. The third-order valence-electron chi connectivity index (χ3n) is 8.66. The Balaban J connectivity index is 1.49. The van der Waals surface area contributed by atoms with Crippen LogP contribution in [0.3, 0.4) is 0 Å². The molecule has 234 valence electrons. The number of hydrogen-bond donors (Lipinski definition) is 0. The second-order valence-corrected chi connectivity index (χ2v) is 14.4. The van der Waals surface area contributed by atoms with Crippen LogP contribution in [0.4, 0.5) is 4.79 Å². The van der Waals surface area contributed by atoms with Gasteiger partial charge in [0.05, 0.1) is 0 Å². The van der Waals surface area contributed by atoms with Crippen LogP contribution in [-0.4, -0.2) is 77.0 Å². The first-order valence-electron chi connectivity index (χ1n) is 15.3. The van der Waals surface area contributed by atoms with Crippen LogP contribution in [0.15, 0.2) is 46.0 Å². The van der Waals surface area contributed by atoms with Crippen molar-refractivity contribution in [3.63, 3.8) is 0 Å². The Morgan fingerprint density at radius 1 is 1.00 bits per heavy atom. The third-order valence-corrected chi connectivity index (χ3v) is 9.45. The summed E-state index contributed by atoms with van der Waals surface area (Å²) in [5.74, 6) is 1.07. The second-order valence-electron chi connectivity index (χ2n) is 13.0. The molecule has 0 aromatic carbocycles. The number of halogens is 2. The highest BCUT2D eigenvalue weighted by Gasteiger charge is 2.40. The fourth-order valence-corrected chi connectivity index (χ4v) is 7.59. The van der Waals surface area contributed by atoms with Gasteiger partial charge in [0.25, 0.3) is 0 Å². The van der Waals surface area contributed by atoms with Gasteiger partial charge in [-0.25, -0.2) is 4.79 Å². The first-order valence-corrected chi connectivity index (χ1v) is 16.5. The molecular formula is C33H49BrClN3O4. The lowest BCUT2D eigenvalue weighted by molar-refractivity contribution is -0.138. The van der Waals surface area contributed by atoms with Gasteiger partial charge in [0.2, 0.25) is 11.8 Å². The highest BCUT2D eigenvalue weighted by atomic mass is 79.9. The topological polar surface area (TPSA) is 70.2 Å². The summed E-state index contributed by atoms with van der Waals surface area (Å²) in [6, 6.07) is -0.449. The van der Waals surface area contributed by atoms with Crippen molar-refractivity contribution in [2.75, 3.05) is 32.7 Å². The lowest BCUT2D eigenvalue weighted by Gasteiger charge is -2.39. The maximum Gasteiger partial charge on any atom is 0.410 e. The summed E-state index contributed by atoms with van der Waals surface area (Å²) in [6.07, 6.45) is 8.98. The van der Waals surface area contributed by atoms with Crippen LogP contribution in [0.5, 0.6) is 0 Å². The number of carbonyl (C=O) groups is 3. The van der Waals surface area contributed by atoms with Crippen molar-refractivity contribution in [1.82, 2.24) is 14.7 Å². The predicted octanol–water partition coefficient (Wildman–Crippen LogP) is 7.42. The number of carbonyl (C=O) groups excluding carboxylic acids is 3. The number of rotatable bonds is 8. The summed E-state index contributed by atoms with van der Waals surface area (Å²) < 4.78 is 6.46. The molecule has 3 rings (SSSR count). The standard InChI is InChI=1S/C33H49BrClN3O4/c1-8-26(27(34)20-23(4)35)30(22(2)3)25-13-18-36(19-14-25)29(39)21-24-11-16-37(17-12-24)31(40)28-10-9-15-38(28)32(41)42-33(5,6)7/h8,20,24-25,28,30H,2,4,9-19,21H2,1,3,5-7H3/b26-8?,27-20+/t28-,30?/m0/s1. The SMILES string of the molecule is C=C(Cl)/C=C(/Br)C(=CC)C(C(=C)C)C1CCN(C(=O)CC2CCN(C(=O)[C@@H]3CCCN3C(=O)OC(C)(C)C)CC2)CC1. The van der Waals surface area contributed by atoms with Crippen LogP contribution in [-0.2, 0) is 14.3 Å². The van der Waals surface area contributed by atoms with Gasteiger partial charge in [-0.2, -0.15) is 0 Å². The molecule has 42 heavy (non-hydrogen) atoms. The number of piperidine rings is 2. The van der Waals surface area contributed by atoms with Crippen molar-refractivity contribution < 1.29 is 19.1 Å². The molecule has 2 atom stereocenters. The van der Waals surface area contributed by atoms with Gasteiger partial charge in [0.1, 0.15) is 11.6 Å². The average molecular weight is 667 g/mol. The fourth-order valence-electron chi connectivity index (χ4n) is 6.60. The quantitative estimate of drug-likeness (QED) is 0.200. The maximum atomic E-state index is 13.3. The molecule has 3 fully saturated rings. The lowest BCUT2D eigenvalue weighted by Crippen LogP contribution is -2.51. The van der Waals surface area contributed by atoms with E-state index in [1.807, 2.05) is 43.6 Å². The van der Waals surface area contributed by atoms with E-state index in [1.165, 1.54) is 0 Å². The molecule has 3 aliphatic rings. The van der Waals surface area contributed by atoms with Gasteiger partial charge in [-0.05, 0) is 96.6 Å². The van der Waals surface area contributed by atoms with E-state index < -0.39 is 17.7 Å². The molecule has 3 saturated heterocycles. The normalized spacial score (nSPS) is 22.3. The number of hydrogen-bond acceptors (Lipinski definition) is 4. The van der Waals surface area contributed by atoms with Crippen molar-refractivity contribution in [3.8, 4) is 0 Å². The molecular weight excluding hydrogens is 618 g/mol. The maximum absolute atomic E-state index is 13.3. The highest BCUT2D eigenvalue weighted by Crippen LogP contribution is 2.40. The Kier molecular flexibility index (Phi) is 12.4. The molecule has 0 aliphatic carbocycles. The van der Waals surface area contributed by atoms with Gasteiger partial charge in [-0.3, -0.25) is 14.5 Å². The molecule has 3 aliphatic heterocycles. The van der Waals surface area contributed by atoms with Gasteiger partial charge >= 0.3 is 6.09 Å². The Labute approximate surface area is 266 Å². The highest BCUT2D eigenvalue weighted by molar-refractivity contribution is 9.12. The summed E-state index contributed by atoms with van der Waals surface area (Å²) >= 11 is 9.71. The number of amides is 3. The minimum absolute atomic E-state index is 0.00890. The van der Waals surface area contributed by atoms with Crippen molar-refractivity contribution in [2.45, 2.75) is 91.2 Å². The van der Waals surface area contributed by atoms with Crippen molar-refractivity contribution in [1.29, 1.82) is 0 Å². The first kappa shape index (κ1) is 34.4. The zero-order valence-corrected chi connectivity index (χ0v) is 28.4. The van der Waals surface area contributed by atoms with Crippen LogP contribution in [0.2, 0.25) is 0 Å². The van der Waals surface area contributed by atoms with E-state index in [4.69, 9.17) is 16.3 Å². The number of likely N-dealkylation sites (tertiary alicyclic amines) is 3. The molecule has 3 heterocycles. The average Bonchev–Trinajstić information content (AvgIpc) is 3.40. The molecule has 7 nitrogen and oxygen atoms in total. The molecule has 1 unspecified atom stereocenters. The van der Waals surface area contributed by atoms with E-state index in [2.05, 4.69) is 42.1 Å². The van der Waals surface area contributed by atoms with E-state index >= 15 is 0 Å². The summed E-state index contributed by atoms with van der Waals surface area (Å²) in [7, 11) is 0. The molecule has 3 amide bonds. The molecule has 0 radical (unpaired) electrons. The summed E-state index contributed by atoms with van der Waals surface area (Å²) in [5.41, 5.74) is 1.66. The first-order chi connectivity index (χ1) is 19.7. The van der Waals surface area contributed by atoms with E-state index in [1.54, 1.807) is 4.90 Å². The van der Waals surface area contributed by atoms with Gasteiger partial charge in [0.15, 0.2) is 0 Å². The van der Waals surface area contributed by atoms with E-state index in [0.29, 0.717) is 43.4 Å². The van der Waals surface area contributed by atoms with E-state index in [-0.39, 0.29) is 23.7 Å². The van der Waals surface area contributed by atoms with Crippen LogP contribution in [0, 0.1) is 17.8 Å². The smallest absolute Gasteiger partial charge is 0.410 e. The zero-order valence-electron chi connectivity index (χ0n) is 26.1. The molecule has 9 heteroatoms. The van der Waals surface area contributed by atoms with Crippen LogP contribution in [0.1, 0.15) is 79.6 Å². The summed E-state index contributed by atoms with van der Waals surface area (Å²) in [6.45, 7) is 21.0. The molecule has 0 aromatic heterocycles. The van der Waals surface area contributed by atoms with E-state index in [0.717, 1.165) is 60.8 Å². The number of nitrogens with zero attached hydrogens (tertiary/aromatic N) is 3. The van der Waals surface area contributed by atoms with Gasteiger partial charge in [-0.15, -0.1) is 0 Å². The monoisotopic (exact) mass is 665 g/mol. The van der Waals surface area contributed by atoms with Crippen LogP contribution in [0.25, 0.3) is 0 Å². The van der Waals surface area contributed by atoms with Crippen LogP contribution < -0.4 is 0 Å². The van der Waals surface area contributed by atoms with Gasteiger partial charge in [-0.1, -0.05) is 52.3 Å². The molecule has 0 N–H and O–H groups in total. The molecule has 0 aromatic rings. The molecule has 0 spiro atoms. The third kappa shape index (κ3) is 9.22. The predicted molar refractivity (Wildman–Crippen MR) is 173 cm³/mol. The largest absolute Gasteiger partial charge is 0.444 e. The van der Waals surface area contributed by atoms with Crippen molar-refractivity contribution >= 4 is 45.4 Å².